The lowest BCUT2D eigenvalue weighted by molar-refractivity contribution is -0.141. The molecule has 1 aliphatic rings. The second-order valence-electron chi connectivity index (χ2n) is 6.26. The van der Waals surface area contributed by atoms with Crippen LogP contribution in [0, 0.1) is 5.92 Å². The maximum absolute atomic E-state index is 12.2. The molecule has 1 aromatic heterocycles. The van der Waals surface area contributed by atoms with Gasteiger partial charge in [0, 0.05) is 30.2 Å². The summed E-state index contributed by atoms with van der Waals surface area (Å²) in [6.45, 7) is 0.775. The first-order chi connectivity index (χ1) is 11.4. The quantitative estimate of drug-likeness (QED) is 0.899. The first-order valence-electron chi connectivity index (χ1n) is 8.04. The van der Waals surface area contributed by atoms with Crippen LogP contribution in [0.4, 0.5) is 13.2 Å². The third-order valence-corrected chi connectivity index (χ3v) is 4.42. The Bertz CT molecular complexity index is 710. The fourth-order valence-corrected chi connectivity index (χ4v) is 3.27. The van der Waals surface area contributed by atoms with Crippen molar-refractivity contribution in [3.8, 4) is 0 Å². The molecule has 2 aromatic rings. The van der Waals surface area contributed by atoms with Gasteiger partial charge in [0.15, 0.2) is 0 Å². The molecule has 0 aliphatic carbocycles. The Morgan fingerprint density at radius 1 is 1.33 bits per heavy atom. The molecule has 2 N–H and O–H groups in total. The lowest BCUT2D eigenvalue weighted by Gasteiger charge is -2.32. The number of carbonyl (C=O) groups excluding carboxylic acids is 1. The molecule has 1 unspecified atom stereocenters. The fourth-order valence-electron chi connectivity index (χ4n) is 3.27. The van der Waals surface area contributed by atoms with E-state index in [0.717, 1.165) is 29.4 Å². The average molecular weight is 339 g/mol. The van der Waals surface area contributed by atoms with Crippen molar-refractivity contribution in [1.29, 1.82) is 0 Å². The topological polar surface area (TPSA) is 48.1 Å². The lowest BCUT2D eigenvalue weighted by atomic mass is 9.96. The second-order valence-corrected chi connectivity index (χ2v) is 6.26. The van der Waals surface area contributed by atoms with E-state index in [1.54, 1.807) is 0 Å². The number of benzene rings is 1. The number of piperidine rings is 1. The molecule has 1 fully saturated rings. The van der Waals surface area contributed by atoms with Gasteiger partial charge < -0.3 is 10.3 Å². The van der Waals surface area contributed by atoms with E-state index in [0.29, 0.717) is 19.5 Å². The summed E-state index contributed by atoms with van der Waals surface area (Å²) >= 11 is 0. The Hall–Kier alpha value is -2.02. The minimum Gasteiger partial charge on any atom is -0.361 e. The molecule has 1 atom stereocenters. The first-order valence-corrected chi connectivity index (χ1v) is 8.04. The van der Waals surface area contributed by atoms with Crippen molar-refractivity contribution in [1.82, 2.24) is 15.2 Å². The van der Waals surface area contributed by atoms with Crippen molar-refractivity contribution in [2.75, 3.05) is 19.6 Å². The van der Waals surface area contributed by atoms with Gasteiger partial charge in [0.25, 0.3) is 0 Å². The predicted molar refractivity (Wildman–Crippen MR) is 85.4 cm³/mol. The zero-order valence-electron chi connectivity index (χ0n) is 13.2. The van der Waals surface area contributed by atoms with Crippen LogP contribution in [-0.4, -0.2) is 41.6 Å². The van der Waals surface area contributed by atoms with E-state index in [1.807, 2.05) is 35.8 Å². The van der Waals surface area contributed by atoms with Crippen molar-refractivity contribution >= 4 is 16.8 Å². The smallest absolute Gasteiger partial charge is 0.361 e. The van der Waals surface area contributed by atoms with Crippen molar-refractivity contribution < 1.29 is 18.0 Å². The Labute approximate surface area is 138 Å². The molecule has 0 saturated carbocycles. The minimum absolute atomic E-state index is 0.383. The number of likely N-dealkylation sites (tertiary alicyclic amines) is 1. The van der Waals surface area contributed by atoms with Crippen LogP contribution in [0.5, 0.6) is 0 Å². The summed E-state index contributed by atoms with van der Waals surface area (Å²) < 4.78 is 36.7. The van der Waals surface area contributed by atoms with Gasteiger partial charge in [0.2, 0.25) is 5.91 Å². The highest BCUT2D eigenvalue weighted by molar-refractivity contribution is 5.83. The van der Waals surface area contributed by atoms with Crippen LogP contribution in [0.25, 0.3) is 10.9 Å². The van der Waals surface area contributed by atoms with E-state index < -0.39 is 18.6 Å². The largest absolute Gasteiger partial charge is 0.405 e. The number of hydrogen-bond acceptors (Lipinski definition) is 2. The Morgan fingerprint density at radius 3 is 2.96 bits per heavy atom. The molecule has 1 aromatic carbocycles. The monoisotopic (exact) mass is 339 g/mol. The first kappa shape index (κ1) is 16.8. The van der Waals surface area contributed by atoms with Crippen LogP contribution < -0.4 is 5.32 Å². The Balaban J connectivity index is 1.61. The van der Waals surface area contributed by atoms with Crippen molar-refractivity contribution in [2.24, 2.45) is 5.92 Å². The zero-order chi connectivity index (χ0) is 17.2. The second kappa shape index (κ2) is 6.84. The van der Waals surface area contributed by atoms with Crippen molar-refractivity contribution in [3.63, 3.8) is 0 Å². The third-order valence-electron chi connectivity index (χ3n) is 4.42. The van der Waals surface area contributed by atoms with E-state index in [1.165, 1.54) is 0 Å². The van der Waals surface area contributed by atoms with Gasteiger partial charge >= 0.3 is 6.18 Å². The number of nitrogens with zero attached hydrogens (tertiary/aromatic N) is 1. The molecule has 0 radical (unpaired) electrons. The Kier molecular flexibility index (Phi) is 4.80. The molecule has 2 heterocycles. The van der Waals surface area contributed by atoms with Crippen LogP contribution in [0.1, 0.15) is 18.4 Å². The summed E-state index contributed by atoms with van der Waals surface area (Å²) in [5.74, 6) is -0.886. The average Bonchev–Trinajstić information content (AvgIpc) is 3.02. The van der Waals surface area contributed by atoms with Crippen LogP contribution in [0.3, 0.4) is 0 Å². The molecule has 1 aliphatic heterocycles. The number of nitrogens with one attached hydrogen (secondary N) is 2. The third kappa shape index (κ3) is 4.08. The Morgan fingerprint density at radius 2 is 2.17 bits per heavy atom. The molecule has 1 saturated heterocycles. The van der Waals surface area contributed by atoms with E-state index in [4.69, 9.17) is 0 Å². The lowest BCUT2D eigenvalue weighted by Crippen LogP contribution is -2.44. The van der Waals surface area contributed by atoms with Gasteiger partial charge in [0.1, 0.15) is 6.54 Å². The van der Waals surface area contributed by atoms with Gasteiger partial charge in [-0.25, -0.2) is 0 Å². The normalized spacial score (nSPS) is 19.5. The van der Waals surface area contributed by atoms with Crippen LogP contribution in [0.2, 0.25) is 0 Å². The molecule has 0 spiro atoms. The van der Waals surface area contributed by atoms with Gasteiger partial charge in [-0.15, -0.1) is 0 Å². The van der Waals surface area contributed by atoms with E-state index in [-0.39, 0.29) is 5.92 Å². The van der Waals surface area contributed by atoms with Gasteiger partial charge in [0.05, 0.1) is 5.92 Å². The number of rotatable bonds is 4. The number of aromatic amines is 1. The molecule has 130 valence electrons. The number of H-pyrrole nitrogens is 1. The number of alkyl halides is 3. The maximum Gasteiger partial charge on any atom is 0.405 e. The minimum atomic E-state index is -4.37. The number of amides is 1. The van der Waals surface area contributed by atoms with E-state index in [9.17, 15) is 18.0 Å². The summed E-state index contributed by atoms with van der Waals surface area (Å²) in [5.41, 5.74) is 2.22. The van der Waals surface area contributed by atoms with Crippen molar-refractivity contribution in [3.05, 3.63) is 36.0 Å². The molecule has 24 heavy (non-hydrogen) atoms. The van der Waals surface area contributed by atoms with E-state index >= 15 is 0 Å². The van der Waals surface area contributed by atoms with Gasteiger partial charge in [-0.2, -0.15) is 13.2 Å². The molecular weight excluding hydrogens is 319 g/mol. The number of aromatic nitrogens is 1. The molecule has 3 rings (SSSR count). The standard InChI is InChI=1S/C17H20F3N3O/c18-17(19,20)11-22-16(24)13-4-2-8-23(10-13)9-12-3-1-5-15-14(12)6-7-21-15/h1,3,5-7,13,21H,2,4,8-11H2,(H,22,24). The number of carbonyl (C=O) groups is 1. The zero-order valence-corrected chi connectivity index (χ0v) is 13.2. The highest BCUT2D eigenvalue weighted by Gasteiger charge is 2.31. The molecule has 1 amide bonds. The van der Waals surface area contributed by atoms with Crippen LogP contribution >= 0.6 is 0 Å². The van der Waals surface area contributed by atoms with Crippen molar-refractivity contribution in [2.45, 2.75) is 25.6 Å². The van der Waals surface area contributed by atoms with Crippen LogP contribution in [0.15, 0.2) is 30.5 Å². The van der Waals surface area contributed by atoms with Gasteiger partial charge in [-0.1, -0.05) is 12.1 Å². The van der Waals surface area contributed by atoms with Gasteiger partial charge in [-0.3, -0.25) is 9.69 Å². The fraction of sp³-hybridized carbons (Fsp3) is 0.471. The molecule has 0 bridgehead atoms. The van der Waals surface area contributed by atoms with Crippen LogP contribution in [-0.2, 0) is 11.3 Å². The molecule has 7 heteroatoms. The number of fused-ring (bicyclic) bond motifs is 1. The summed E-state index contributed by atoms with van der Waals surface area (Å²) in [4.78, 5) is 17.3. The van der Waals surface area contributed by atoms with E-state index in [2.05, 4.69) is 9.88 Å². The molecular formula is C17H20F3N3O. The summed E-state index contributed by atoms with van der Waals surface area (Å²) in [7, 11) is 0. The predicted octanol–water partition coefficient (Wildman–Crippen LogP) is 3.06. The molecule has 4 nitrogen and oxygen atoms in total. The summed E-state index contributed by atoms with van der Waals surface area (Å²) in [5, 5.41) is 3.15. The summed E-state index contributed by atoms with van der Waals surface area (Å²) in [6.07, 6.45) is -1.03. The summed E-state index contributed by atoms with van der Waals surface area (Å²) in [6, 6.07) is 8.04. The highest BCUT2D eigenvalue weighted by atomic mass is 19.4. The maximum atomic E-state index is 12.2. The number of halogens is 3. The number of hydrogen-bond donors (Lipinski definition) is 2. The van der Waals surface area contributed by atoms with Gasteiger partial charge in [-0.05, 0) is 37.1 Å². The SMILES string of the molecule is O=C(NCC(F)(F)F)C1CCCN(Cc2cccc3[nH]ccc23)C1. The highest BCUT2D eigenvalue weighted by Crippen LogP contribution is 2.23.